The first kappa shape index (κ1) is 32.0. The molecule has 0 spiro atoms. The Balaban J connectivity index is 1.73. The SMILES string of the molecule is CC(C)(C)OC(=O)NCCCNC(=O)c1ccc(-c2ccc(C(=O)NCCCNC(=O)OC(C)(C)C)cn2)nc1. The van der Waals surface area contributed by atoms with Crippen LogP contribution in [0.5, 0.6) is 0 Å². The zero-order valence-corrected chi connectivity index (χ0v) is 24.1. The number of pyridine rings is 2. The Morgan fingerprint density at radius 3 is 1.25 bits per heavy atom. The Kier molecular flexibility index (Phi) is 11.8. The molecule has 4 amide bonds. The number of rotatable bonds is 11. The summed E-state index contributed by atoms with van der Waals surface area (Å²) in [4.78, 5) is 56.6. The second-order valence-corrected chi connectivity index (χ2v) is 10.9. The van der Waals surface area contributed by atoms with Crippen molar-refractivity contribution in [2.45, 2.75) is 65.6 Å². The minimum atomic E-state index is -0.561. The lowest BCUT2D eigenvalue weighted by Gasteiger charge is -2.19. The summed E-state index contributed by atoms with van der Waals surface area (Å²) in [5, 5.41) is 10.8. The highest BCUT2D eigenvalue weighted by atomic mass is 16.6. The van der Waals surface area contributed by atoms with Gasteiger partial charge >= 0.3 is 12.2 Å². The lowest BCUT2D eigenvalue weighted by molar-refractivity contribution is 0.0515. The van der Waals surface area contributed by atoms with E-state index < -0.39 is 23.4 Å². The van der Waals surface area contributed by atoms with E-state index in [0.29, 0.717) is 61.5 Å². The zero-order chi connectivity index (χ0) is 29.8. The van der Waals surface area contributed by atoms with Crippen LogP contribution in [0.15, 0.2) is 36.7 Å². The maximum absolute atomic E-state index is 12.4. The molecule has 0 bridgehead atoms. The topological polar surface area (TPSA) is 161 Å². The molecule has 2 rings (SSSR count). The number of alkyl carbamates (subject to hydrolysis) is 2. The first-order valence-corrected chi connectivity index (χ1v) is 13.2. The molecular weight excluding hydrogens is 516 g/mol. The van der Waals surface area contributed by atoms with Crippen LogP contribution in [-0.4, -0.2) is 71.3 Å². The predicted octanol–water partition coefficient (Wildman–Crippen LogP) is 3.43. The quantitative estimate of drug-likeness (QED) is 0.306. The Hall–Kier alpha value is -4.22. The third kappa shape index (κ3) is 12.5. The van der Waals surface area contributed by atoms with E-state index in [-0.39, 0.29) is 11.8 Å². The molecule has 2 heterocycles. The third-order valence-corrected chi connectivity index (χ3v) is 4.93. The minimum absolute atomic E-state index is 0.280. The molecule has 0 unspecified atom stereocenters. The molecule has 0 aromatic carbocycles. The summed E-state index contributed by atoms with van der Waals surface area (Å²) in [5.74, 6) is -0.560. The second kappa shape index (κ2) is 14.8. The van der Waals surface area contributed by atoms with Gasteiger partial charge in [-0.05, 0) is 78.6 Å². The van der Waals surface area contributed by atoms with E-state index in [2.05, 4.69) is 31.2 Å². The van der Waals surface area contributed by atoms with Gasteiger partial charge in [-0.15, -0.1) is 0 Å². The second-order valence-electron chi connectivity index (χ2n) is 10.9. The van der Waals surface area contributed by atoms with Crippen LogP contribution in [-0.2, 0) is 9.47 Å². The first-order valence-electron chi connectivity index (χ1n) is 13.2. The highest BCUT2D eigenvalue weighted by molar-refractivity contribution is 5.94. The van der Waals surface area contributed by atoms with E-state index in [1.807, 2.05) is 0 Å². The molecule has 218 valence electrons. The van der Waals surface area contributed by atoms with Crippen molar-refractivity contribution in [3.05, 3.63) is 47.8 Å². The fourth-order valence-electron chi connectivity index (χ4n) is 3.15. The van der Waals surface area contributed by atoms with Crippen molar-refractivity contribution in [2.75, 3.05) is 26.2 Å². The monoisotopic (exact) mass is 556 g/mol. The van der Waals surface area contributed by atoms with E-state index in [1.54, 1.807) is 65.8 Å². The lowest BCUT2D eigenvalue weighted by Crippen LogP contribution is -2.34. The van der Waals surface area contributed by atoms with Gasteiger partial charge in [-0.1, -0.05) is 0 Å². The molecule has 0 atom stereocenters. The van der Waals surface area contributed by atoms with Crippen molar-refractivity contribution in [1.29, 1.82) is 0 Å². The molecule has 12 nitrogen and oxygen atoms in total. The minimum Gasteiger partial charge on any atom is -0.444 e. The van der Waals surface area contributed by atoms with Crippen LogP contribution >= 0.6 is 0 Å². The zero-order valence-electron chi connectivity index (χ0n) is 24.1. The number of nitrogens with zero attached hydrogens (tertiary/aromatic N) is 2. The van der Waals surface area contributed by atoms with E-state index in [9.17, 15) is 19.2 Å². The first-order chi connectivity index (χ1) is 18.7. The van der Waals surface area contributed by atoms with Crippen molar-refractivity contribution in [1.82, 2.24) is 31.2 Å². The third-order valence-electron chi connectivity index (χ3n) is 4.93. The molecule has 0 saturated carbocycles. The van der Waals surface area contributed by atoms with Crippen molar-refractivity contribution < 1.29 is 28.7 Å². The number of carbonyl (C=O) groups excluding carboxylic acids is 4. The number of nitrogens with one attached hydrogen (secondary N) is 4. The van der Waals surface area contributed by atoms with Crippen molar-refractivity contribution in [3.63, 3.8) is 0 Å². The number of carbonyl (C=O) groups is 4. The van der Waals surface area contributed by atoms with Gasteiger partial charge in [-0.3, -0.25) is 19.6 Å². The number of aromatic nitrogens is 2. The molecular formula is C28H40N6O6. The largest absolute Gasteiger partial charge is 0.444 e. The van der Waals surface area contributed by atoms with Crippen LogP contribution in [0.3, 0.4) is 0 Å². The van der Waals surface area contributed by atoms with Crippen LogP contribution < -0.4 is 21.3 Å². The average molecular weight is 557 g/mol. The Bertz CT molecular complexity index is 1050. The van der Waals surface area contributed by atoms with Gasteiger partial charge in [-0.25, -0.2) is 9.59 Å². The maximum Gasteiger partial charge on any atom is 0.407 e. The van der Waals surface area contributed by atoms with E-state index >= 15 is 0 Å². The maximum atomic E-state index is 12.4. The summed E-state index contributed by atoms with van der Waals surface area (Å²) in [6.07, 6.45) is 3.01. The molecule has 0 saturated heterocycles. The standard InChI is InChI=1S/C28H40N6O6/c1-27(2,3)39-25(37)31-15-7-13-29-23(35)19-9-11-21(33-17-19)22-12-10-20(18-34-22)24(36)30-14-8-16-32-26(38)40-28(4,5)6/h9-12,17-18H,7-8,13-16H2,1-6H3,(H,29,35)(H,30,36)(H,31,37)(H,32,38). The van der Waals surface area contributed by atoms with Gasteiger partial charge in [-0.2, -0.15) is 0 Å². The summed E-state index contributed by atoms with van der Waals surface area (Å²) >= 11 is 0. The van der Waals surface area contributed by atoms with Crippen LogP contribution in [0.25, 0.3) is 11.4 Å². The molecule has 0 fully saturated rings. The normalized spacial score (nSPS) is 11.2. The van der Waals surface area contributed by atoms with E-state index in [1.165, 1.54) is 12.4 Å². The number of hydrogen-bond acceptors (Lipinski definition) is 8. The molecule has 0 aliphatic heterocycles. The smallest absolute Gasteiger partial charge is 0.407 e. The molecule has 0 aliphatic rings. The molecule has 2 aromatic heterocycles. The van der Waals surface area contributed by atoms with Crippen molar-refractivity contribution >= 4 is 24.0 Å². The molecule has 40 heavy (non-hydrogen) atoms. The van der Waals surface area contributed by atoms with Crippen molar-refractivity contribution in [2.24, 2.45) is 0 Å². The highest BCUT2D eigenvalue weighted by Gasteiger charge is 2.16. The molecule has 0 radical (unpaired) electrons. The van der Waals surface area contributed by atoms with E-state index in [4.69, 9.17) is 9.47 Å². The summed E-state index contributed by atoms with van der Waals surface area (Å²) in [5.41, 5.74) is 0.765. The van der Waals surface area contributed by atoms with Gasteiger partial charge in [0.2, 0.25) is 0 Å². The van der Waals surface area contributed by atoms with Gasteiger partial charge in [0.25, 0.3) is 11.8 Å². The fraction of sp³-hybridized carbons (Fsp3) is 0.500. The highest BCUT2D eigenvalue weighted by Crippen LogP contribution is 2.15. The van der Waals surface area contributed by atoms with Crippen molar-refractivity contribution in [3.8, 4) is 11.4 Å². The number of amides is 4. The Morgan fingerprint density at radius 1 is 0.600 bits per heavy atom. The van der Waals surface area contributed by atoms with Crippen LogP contribution in [0.1, 0.15) is 75.1 Å². The number of ether oxygens (including phenoxy) is 2. The Morgan fingerprint density at radius 2 is 0.950 bits per heavy atom. The van der Waals surface area contributed by atoms with Crippen LogP contribution in [0.4, 0.5) is 9.59 Å². The van der Waals surface area contributed by atoms with Gasteiger partial charge in [0, 0.05) is 38.6 Å². The summed E-state index contributed by atoms with van der Waals surface area (Å²) in [7, 11) is 0. The van der Waals surface area contributed by atoms with Gasteiger partial charge < -0.3 is 30.7 Å². The van der Waals surface area contributed by atoms with Crippen LogP contribution in [0, 0.1) is 0 Å². The van der Waals surface area contributed by atoms with Crippen LogP contribution in [0.2, 0.25) is 0 Å². The fourth-order valence-corrected chi connectivity index (χ4v) is 3.15. The van der Waals surface area contributed by atoms with Gasteiger partial charge in [0.05, 0.1) is 22.5 Å². The summed E-state index contributed by atoms with van der Waals surface area (Å²) < 4.78 is 10.3. The van der Waals surface area contributed by atoms with E-state index in [0.717, 1.165) is 0 Å². The Labute approximate surface area is 235 Å². The van der Waals surface area contributed by atoms with Gasteiger partial charge in [0.1, 0.15) is 11.2 Å². The summed E-state index contributed by atoms with van der Waals surface area (Å²) in [6, 6.07) is 6.64. The number of hydrogen-bond donors (Lipinski definition) is 4. The lowest BCUT2D eigenvalue weighted by atomic mass is 10.1. The molecule has 2 aromatic rings. The molecule has 12 heteroatoms. The summed E-state index contributed by atoms with van der Waals surface area (Å²) in [6.45, 7) is 12.2. The predicted molar refractivity (Wildman–Crippen MR) is 150 cm³/mol. The molecule has 0 aliphatic carbocycles. The van der Waals surface area contributed by atoms with Gasteiger partial charge in [0.15, 0.2) is 0 Å². The molecule has 4 N–H and O–H groups in total. The average Bonchev–Trinajstić information content (AvgIpc) is 2.86.